The lowest BCUT2D eigenvalue weighted by molar-refractivity contribution is 0.158. The molecule has 0 radical (unpaired) electrons. The van der Waals surface area contributed by atoms with Gasteiger partial charge in [0.15, 0.2) is 16.6 Å². The molecule has 2 aromatic carbocycles. The van der Waals surface area contributed by atoms with E-state index in [1.54, 1.807) is 19.1 Å². The van der Waals surface area contributed by atoms with Gasteiger partial charge in [0.2, 0.25) is 0 Å². The third-order valence-electron chi connectivity index (χ3n) is 2.90. The number of phenols is 1. The number of carbonyl (C=O) groups is 1. The fraction of sp³-hybridized carbons (Fsp3) is 0.125. The Morgan fingerprint density at radius 1 is 1.15 bits per heavy atom. The number of nitrogens with one attached hydrogen (secondary N) is 2. The molecule has 0 saturated heterocycles. The van der Waals surface area contributed by atoms with Gasteiger partial charge < -0.3 is 19.9 Å². The van der Waals surface area contributed by atoms with Gasteiger partial charge in [-0.15, -0.1) is 0 Å². The number of anilines is 1. The smallest absolute Gasteiger partial charge is 0.413 e. The quantitative estimate of drug-likeness (QED) is 0.429. The molecular formula is C16H13Cl3N2O4S. The van der Waals surface area contributed by atoms with Gasteiger partial charge in [0.1, 0.15) is 5.75 Å². The van der Waals surface area contributed by atoms with E-state index in [0.29, 0.717) is 10.7 Å². The summed E-state index contributed by atoms with van der Waals surface area (Å²) in [6.07, 6.45) is -0.704. The Labute approximate surface area is 169 Å². The number of amides is 1. The van der Waals surface area contributed by atoms with Crippen molar-refractivity contribution in [2.45, 2.75) is 6.92 Å². The second-order valence-corrected chi connectivity index (χ2v) is 6.44. The molecule has 0 aromatic heterocycles. The number of hydrogen-bond donors (Lipinski definition) is 3. The molecule has 0 aliphatic carbocycles. The summed E-state index contributed by atoms with van der Waals surface area (Å²) >= 11 is 23.0. The van der Waals surface area contributed by atoms with E-state index < -0.39 is 6.09 Å². The maximum absolute atomic E-state index is 11.4. The van der Waals surface area contributed by atoms with E-state index in [2.05, 4.69) is 10.6 Å². The van der Waals surface area contributed by atoms with Gasteiger partial charge in [0, 0.05) is 17.2 Å². The fourth-order valence-electron chi connectivity index (χ4n) is 1.81. The molecule has 3 N–H and O–H groups in total. The predicted octanol–water partition coefficient (Wildman–Crippen LogP) is 5.59. The standard InChI is InChI=1S/C16H13Cl3N2O4S/c1-2-24-16(23)21-15(26)20-11-7-14(12(22)6-9(11)18)25-13-4-3-8(17)5-10(13)19/h3-7,22H,2H2,1H3,(H2,20,21,23,26). The third kappa shape index (κ3) is 5.54. The Bertz CT molecular complexity index is 848. The van der Waals surface area contributed by atoms with Crippen LogP contribution in [0, 0.1) is 0 Å². The third-order valence-corrected chi connectivity index (χ3v) is 3.95. The van der Waals surface area contributed by atoms with Crippen LogP contribution in [0.25, 0.3) is 0 Å². The van der Waals surface area contributed by atoms with Gasteiger partial charge >= 0.3 is 6.09 Å². The van der Waals surface area contributed by atoms with Gasteiger partial charge in [-0.05, 0) is 37.3 Å². The summed E-state index contributed by atoms with van der Waals surface area (Å²) < 4.78 is 10.3. The average molecular weight is 436 g/mol. The molecule has 26 heavy (non-hydrogen) atoms. The lowest BCUT2D eigenvalue weighted by Gasteiger charge is -2.14. The minimum absolute atomic E-state index is 0.0356. The highest BCUT2D eigenvalue weighted by Crippen LogP contribution is 2.40. The minimum atomic E-state index is -0.704. The lowest BCUT2D eigenvalue weighted by atomic mass is 10.2. The van der Waals surface area contributed by atoms with Crippen LogP contribution in [0.4, 0.5) is 10.5 Å². The Morgan fingerprint density at radius 3 is 2.54 bits per heavy atom. The number of benzene rings is 2. The molecule has 10 heteroatoms. The van der Waals surface area contributed by atoms with Gasteiger partial charge in [0.05, 0.1) is 22.3 Å². The normalized spacial score (nSPS) is 10.2. The van der Waals surface area contributed by atoms with E-state index in [4.69, 9.17) is 56.5 Å². The first-order chi connectivity index (χ1) is 12.3. The molecule has 0 saturated carbocycles. The summed E-state index contributed by atoms with van der Waals surface area (Å²) in [5, 5.41) is 15.9. The summed E-state index contributed by atoms with van der Waals surface area (Å²) in [7, 11) is 0. The van der Waals surface area contributed by atoms with Crippen LogP contribution in [0.5, 0.6) is 17.2 Å². The molecule has 0 spiro atoms. The number of hydrogen-bond acceptors (Lipinski definition) is 5. The number of phenolic OH excluding ortho intramolecular Hbond substituents is 1. The van der Waals surface area contributed by atoms with E-state index in [9.17, 15) is 9.90 Å². The van der Waals surface area contributed by atoms with Crippen molar-refractivity contribution in [1.29, 1.82) is 0 Å². The van der Waals surface area contributed by atoms with Crippen molar-refractivity contribution in [3.8, 4) is 17.2 Å². The molecule has 0 atom stereocenters. The van der Waals surface area contributed by atoms with Crippen LogP contribution < -0.4 is 15.4 Å². The van der Waals surface area contributed by atoms with Crippen molar-refractivity contribution < 1.29 is 19.4 Å². The molecule has 138 valence electrons. The molecule has 2 rings (SSSR count). The number of halogens is 3. The number of thiocarbonyl (C=S) groups is 1. The predicted molar refractivity (Wildman–Crippen MR) is 106 cm³/mol. The van der Waals surface area contributed by atoms with Gasteiger partial charge in [0.25, 0.3) is 0 Å². The van der Waals surface area contributed by atoms with E-state index in [0.717, 1.165) is 0 Å². The summed E-state index contributed by atoms with van der Waals surface area (Å²) in [5.41, 5.74) is 0.298. The van der Waals surface area contributed by atoms with E-state index in [1.165, 1.54) is 18.2 Å². The van der Waals surface area contributed by atoms with Crippen LogP contribution >= 0.6 is 47.0 Å². The number of rotatable bonds is 4. The zero-order valence-corrected chi connectivity index (χ0v) is 16.4. The molecule has 6 nitrogen and oxygen atoms in total. The first-order valence-corrected chi connectivity index (χ1v) is 8.74. The summed E-state index contributed by atoms with van der Waals surface area (Å²) in [6, 6.07) is 7.31. The fourth-order valence-corrected chi connectivity index (χ4v) is 2.66. The van der Waals surface area contributed by atoms with Gasteiger partial charge in [-0.3, -0.25) is 5.32 Å². The second kappa shape index (κ2) is 9.14. The van der Waals surface area contributed by atoms with Crippen molar-refractivity contribution in [2.75, 3.05) is 11.9 Å². The van der Waals surface area contributed by atoms with Crippen LogP contribution in [0.15, 0.2) is 30.3 Å². The summed E-state index contributed by atoms with van der Waals surface area (Å²) in [5.74, 6) is 0.141. The van der Waals surface area contributed by atoms with Crippen LogP contribution in [0.1, 0.15) is 6.92 Å². The number of ether oxygens (including phenoxy) is 2. The highest BCUT2D eigenvalue weighted by molar-refractivity contribution is 7.80. The largest absolute Gasteiger partial charge is 0.504 e. The zero-order valence-electron chi connectivity index (χ0n) is 13.3. The monoisotopic (exact) mass is 434 g/mol. The number of carbonyl (C=O) groups excluding carboxylic acids is 1. The van der Waals surface area contributed by atoms with Crippen LogP contribution in [-0.2, 0) is 4.74 Å². The molecule has 0 aliphatic heterocycles. The Morgan fingerprint density at radius 2 is 1.88 bits per heavy atom. The lowest BCUT2D eigenvalue weighted by Crippen LogP contribution is -2.34. The zero-order chi connectivity index (χ0) is 19.3. The average Bonchev–Trinajstić information content (AvgIpc) is 2.54. The number of aromatic hydroxyl groups is 1. The Hall–Kier alpha value is -1.93. The maximum Gasteiger partial charge on any atom is 0.413 e. The SMILES string of the molecule is CCOC(=O)NC(=S)Nc1cc(Oc2ccc(Cl)cc2Cl)c(O)cc1Cl. The topological polar surface area (TPSA) is 79.8 Å². The molecule has 0 heterocycles. The molecule has 1 amide bonds. The van der Waals surface area contributed by atoms with Gasteiger partial charge in [-0.25, -0.2) is 4.79 Å². The highest BCUT2D eigenvalue weighted by atomic mass is 35.5. The molecule has 2 aromatic rings. The molecular weight excluding hydrogens is 423 g/mol. The summed E-state index contributed by atoms with van der Waals surface area (Å²) in [4.78, 5) is 11.4. The first kappa shape index (κ1) is 20.4. The highest BCUT2D eigenvalue weighted by Gasteiger charge is 2.14. The van der Waals surface area contributed by atoms with Gasteiger partial charge in [-0.2, -0.15) is 0 Å². The van der Waals surface area contributed by atoms with E-state index >= 15 is 0 Å². The van der Waals surface area contributed by atoms with Crippen molar-refractivity contribution in [3.63, 3.8) is 0 Å². The Balaban J connectivity index is 2.20. The molecule has 0 unspecified atom stereocenters. The van der Waals surface area contributed by atoms with Crippen molar-refractivity contribution in [1.82, 2.24) is 5.32 Å². The van der Waals surface area contributed by atoms with Crippen LogP contribution in [0.2, 0.25) is 15.1 Å². The van der Waals surface area contributed by atoms with E-state index in [1.807, 2.05) is 0 Å². The van der Waals surface area contributed by atoms with Crippen molar-refractivity contribution in [3.05, 3.63) is 45.4 Å². The Kier molecular flexibility index (Phi) is 7.16. The molecule has 0 aliphatic rings. The molecule has 0 fully saturated rings. The van der Waals surface area contributed by atoms with Crippen LogP contribution in [0.3, 0.4) is 0 Å². The summed E-state index contributed by atoms with van der Waals surface area (Å²) in [6.45, 7) is 1.87. The van der Waals surface area contributed by atoms with Gasteiger partial charge in [-0.1, -0.05) is 34.8 Å². The van der Waals surface area contributed by atoms with Crippen LogP contribution in [-0.4, -0.2) is 22.9 Å². The molecule has 0 bridgehead atoms. The first-order valence-electron chi connectivity index (χ1n) is 7.20. The van der Waals surface area contributed by atoms with E-state index in [-0.39, 0.29) is 39.0 Å². The minimum Gasteiger partial charge on any atom is -0.504 e. The second-order valence-electron chi connectivity index (χ2n) is 4.78. The van der Waals surface area contributed by atoms with Crippen molar-refractivity contribution in [2.24, 2.45) is 0 Å². The maximum atomic E-state index is 11.4. The van der Waals surface area contributed by atoms with Crippen molar-refractivity contribution >= 4 is 63.9 Å². The number of alkyl carbamates (subject to hydrolysis) is 1.